The molecule has 5 nitrogen and oxygen atoms in total. The Labute approximate surface area is 142 Å². The van der Waals surface area contributed by atoms with Crippen LogP contribution in [0.3, 0.4) is 0 Å². The van der Waals surface area contributed by atoms with E-state index in [0.717, 1.165) is 19.3 Å². The third kappa shape index (κ3) is 3.65. The average molecular weight is 388 g/mol. The number of ether oxygens (including phenoxy) is 1. The van der Waals surface area contributed by atoms with Gasteiger partial charge in [0.05, 0.1) is 5.41 Å². The van der Waals surface area contributed by atoms with Crippen molar-refractivity contribution in [1.82, 2.24) is 0 Å². The number of carbonyl (C=O) groups excluding carboxylic acids is 1. The molecule has 4 saturated carbocycles. The second-order valence-corrected chi connectivity index (χ2v) is 9.36. The summed E-state index contributed by atoms with van der Waals surface area (Å²) in [6.07, 6.45) is 4.62. The van der Waals surface area contributed by atoms with Crippen molar-refractivity contribution < 1.29 is 40.1 Å². The fraction of sp³-hybridized carbons (Fsp3) is 0.933. The van der Waals surface area contributed by atoms with Gasteiger partial charge in [0.2, 0.25) is 0 Å². The van der Waals surface area contributed by atoms with Crippen LogP contribution in [0.25, 0.3) is 0 Å². The lowest BCUT2D eigenvalue weighted by Crippen LogP contribution is -2.53. The van der Waals surface area contributed by atoms with E-state index < -0.39 is 45.7 Å². The van der Waals surface area contributed by atoms with Gasteiger partial charge >= 0.3 is 17.8 Å². The summed E-state index contributed by atoms with van der Waals surface area (Å²) in [5.74, 6) is -12.2. The number of hydrogen-bond donors (Lipinski definition) is 1. The van der Waals surface area contributed by atoms with Crippen LogP contribution in [0.15, 0.2) is 0 Å². The number of carbonyl (C=O) groups is 1. The predicted molar refractivity (Wildman–Crippen MR) is 77.9 cm³/mol. The summed E-state index contributed by atoms with van der Waals surface area (Å²) in [7, 11) is -5.31. The summed E-state index contributed by atoms with van der Waals surface area (Å²) in [5, 5.41) is 0. The quantitative estimate of drug-likeness (QED) is 0.430. The molecule has 0 saturated heterocycles. The molecule has 4 rings (SSSR count). The van der Waals surface area contributed by atoms with Crippen molar-refractivity contribution in [3.8, 4) is 0 Å². The zero-order chi connectivity index (χ0) is 18.7. The van der Waals surface area contributed by atoms with Crippen LogP contribution >= 0.6 is 0 Å². The Morgan fingerprint density at radius 2 is 1.44 bits per heavy atom. The van der Waals surface area contributed by atoms with Crippen molar-refractivity contribution in [2.45, 2.75) is 50.4 Å². The molecule has 0 atom stereocenters. The van der Waals surface area contributed by atoms with Crippen molar-refractivity contribution in [2.75, 3.05) is 12.4 Å². The van der Waals surface area contributed by atoms with E-state index in [1.807, 2.05) is 0 Å². The maximum Gasteiger partial charge on any atom is 0.344 e. The van der Waals surface area contributed by atoms with Crippen molar-refractivity contribution in [1.29, 1.82) is 0 Å². The van der Waals surface area contributed by atoms with Gasteiger partial charge in [0.15, 0.2) is 6.61 Å². The second kappa shape index (κ2) is 5.80. The first-order chi connectivity index (χ1) is 11.3. The molecule has 0 aromatic heterocycles. The Morgan fingerprint density at radius 1 is 1.00 bits per heavy atom. The predicted octanol–water partition coefficient (Wildman–Crippen LogP) is 2.90. The smallest absolute Gasteiger partial charge is 0.344 e. The zero-order valence-electron chi connectivity index (χ0n) is 13.4. The van der Waals surface area contributed by atoms with E-state index >= 15 is 0 Å². The monoisotopic (exact) mass is 388 g/mol. The molecule has 4 aliphatic rings. The van der Waals surface area contributed by atoms with Gasteiger partial charge in [-0.2, -0.15) is 26.0 Å². The molecule has 4 bridgehead atoms. The van der Waals surface area contributed by atoms with Crippen LogP contribution in [-0.4, -0.2) is 43.1 Å². The Bertz CT molecular complexity index is 626. The van der Waals surface area contributed by atoms with Gasteiger partial charge in [-0.15, -0.1) is 0 Å². The third-order valence-corrected chi connectivity index (χ3v) is 6.48. The van der Waals surface area contributed by atoms with Gasteiger partial charge < -0.3 is 4.74 Å². The van der Waals surface area contributed by atoms with Gasteiger partial charge in [0, 0.05) is 0 Å². The molecule has 0 heterocycles. The number of esters is 1. The fourth-order valence-corrected chi connectivity index (χ4v) is 5.78. The number of alkyl halides is 4. The van der Waals surface area contributed by atoms with Gasteiger partial charge in [-0.25, -0.2) is 0 Å². The summed E-state index contributed by atoms with van der Waals surface area (Å²) < 4.78 is 88.1. The van der Waals surface area contributed by atoms with Gasteiger partial charge in [-0.1, -0.05) is 0 Å². The SMILES string of the molecule is O=C(OCC(F)(F)C(F)(F)CS(=O)(=O)O)C12CC3CC(CC(C3)C1)C2. The van der Waals surface area contributed by atoms with Crippen molar-refractivity contribution in [3.05, 3.63) is 0 Å². The topological polar surface area (TPSA) is 80.7 Å². The Morgan fingerprint density at radius 3 is 1.84 bits per heavy atom. The minimum absolute atomic E-state index is 0.347. The maximum atomic E-state index is 13.7. The van der Waals surface area contributed by atoms with E-state index in [-0.39, 0.29) is 0 Å². The van der Waals surface area contributed by atoms with Crippen LogP contribution in [0.1, 0.15) is 38.5 Å². The molecule has 0 aromatic rings. The highest BCUT2D eigenvalue weighted by Gasteiger charge is 2.61. The molecule has 144 valence electrons. The van der Waals surface area contributed by atoms with Crippen molar-refractivity contribution in [2.24, 2.45) is 23.2 Å². The van der Waals surface area contributed by atoms with Crippen molar-refractivity contribution in [3.63, 3.8) is 0 Å². The highest BCUT2D eigenvalue weighted by Crippen LogP contribution is 2.60. The standard InChI is InChI=1S/C15H20F4O5S/c16-14(17,15(18,19)8-25(21,22)23)7-24-12(20)13-4-9-1-10(5-13)3-11(2-9)6-13/h9-11H,1-8H2,(H,21,22,23). The lowest BCUT2D eigenvalue weighted by molar-refractivity contribution is -0.227. The molecular formula is C15H20F4O5S. The number of rotatable bonds is 6. The van der Waals surface area contributed by atoms with E-state index in [4.69, 9.17) is 4.55 Å². The minimum atomic E-state index is -5.31. The summed E-state index contributed by atoms with van der Waals surface area (Å²) in [4.78, 5) is 12.4. The first-order valence-electron chi connectivity index (χ1n) is 8.20. The first kappa shape index (κ1) is 18.9. The van der Waals surface area contributed by atoms with Gasteiger partial charge in [0.25, 0.3) is 10.1 Å². The van der Waals surface area contributed by atoms with Crippen molar-refractivity contribution >= 4 is 16.1 Å². The lowest BCUT2D eigenvalue weighted by Gasteiger charge is -2.55. The average Bonchev–Trinajstić information content (AvgIpc) is 2.40. The Kier molecular flexibility index (Phi) is 4.38. The molecule has 1 N–H and O–H groups in total. The van der Waals surface area contributed by atoms with E-state index in [1.165, 1.54) is 0 Å². The van der Waals surface area contributed by atoms with Crippen LogP contribution in [0, 0.1) is 23.2 Å². The molecule has 0 aliphatic heterocycles. The first-order valence-corrected chi connectivity index (χ1v) is 9.81. The van der Waals surface area contributed by atoms with Gasteiger partial charge in [-0.05, 0) is 56.3 Å². The summed E-state index contributed by atoms with van der Waals surface area (Å²) >= 11 is 0. The summed E-state index contributed by atoms with van der Waals surface area (Å²) in [6, 6.07) is 0. The van der Waals surface area contributed by atoms with Crippen LogP contribution < -0.4 is 0 Å². The molecule has 0 spiro atoms. The summed E-state index contributed by atoms with van der Waals surface area (Å²) in [6.45, 7) is -1.91. The molecule has 4 aliphatic carbocycles. The molecule has 0 unspecified atom stereocenters. The largest absolute Gasteiger partial charge is 0.459 e. The van der Waals surface area contributed by atoms with Crippen LogP contribution in [0.5, 0.6) is 0 Å². The van der Waals surface area contributed by atoms with E-state index in [0.29, 0.717) is 37.0 Å². The van der Waals surface area contributed by atoms with Crippen LogP contribution in [-0.2, 0) is 19.6 Å². The van der Waals surface area contributed by atoms with E-state index in [1.54, 1.807) is 0 Å². The van der Waals surface area contributed by atoms with Crippen LogP contribution in [0.2, 0.25) is 0 Å². The minimum Gasteiger partial charge on any atom is -0.459 e. The number of hydrogen-bond acceptors (Lipinski definition) is 4. The Balaban J connectivity index is 1.66. The lowest BCUT2D eigenvalue weighted by atomic mass is 9.49. The molecule has 10 heteroatoms. The van der Waals surface area contributed by atoms with Gasteiger partial charge in [0.1, 0.15) is 5.75 Å². The molecule has 25 heavy (non-hydrogen) atoms. The third-order valence-electron chi connectivity index (χ3n) is 5.75. The molecule has 0 radical (unpaired) electrons. The normalized spacial score (nSPS) is 35.0. The van der Waals surface area contributed by atoms with E-state index in [2.05, 4.69) is 4.74 Å². The second-order valence-electron chi connectivity index (χ2n) is 7.91. The highest BCUT2D eigenvalue weighted by atomic mass is 32.2. The molecular weight excluding hydrogens is 368 g/mol. The highest BCUT2D eigenvalue weighted by molar-refractivity contribution is 7.85. The fourth-order valence-electron chi connectivity index (χ4n) is 5.11. The summed E-state index contributed by atoms with van der Waals surface area (Å²) in [5.41, 5.74) is -0.872. The molecule has 0 amide bonds. The zero-order valence-corrected chi connectivity index (χ0v) is 14.2. The molecule has 0 aromatic carbocycles. The molecule has 4 fully saturated rings. The van der Waals surface area contributed by atoms with Crippen LogP contribution in [0.4, 0.5) is 17.6 Å². The van der Waals surface area contributed by atoms with Gasteiger partial charge in [-0.3, -0.25) is 9.35 Å². The maximum absolute atomic E-state index is 13.7. The number of halogens is 4. The van der Waals surface area contributed by atoms with E-state index in [9.17, 15) is 30.8 Å². The Hall–Kier alpha value is -0.900.